The average molecular weight is 522 g/mol. The first-order valence-electron chi connectivity index (χ1n) is 13.5. The minimum atomic E-state index is 0.464. The second-order valence-corrected chi connectivity index (χ2v) is 10.0. The minimum absolute atomic E-state index is 0.464. The van der Waals surface area contributed by atoms with Gasteiger partial charge in [-0.3, -0.25) is 0 Å². The fraction of sp³-hybridized carbons (Fsp3) is 0. The predicted octanol–water partition coefficient (Wildman–Crippen LogP) is 9.53. The van der Waals surface area contributed by atoms with Crippen LogP contribution >= 0.6 is 0 Å². The van der Waals surface area contributed by atoms with Crippen molar-refractivity contribution in [2.24, 2.45) is 0 Å². The molecule has 3 heteroatoms. The highest BCUT2D eigenvalue weighted by atomic mass is 15.0. The van der Waals surface area contributed by atoms with Crippen molar-refractivity contribution in [3.05, 3.63) is 151 Å². The van der Waals surface area contributed by atoms with Crippen molar-refractivity contribution < 1.29 is 0 Å². The summed E-state index contributed by atoms with van der Waals surface area (Å²) >= 11 is 0. The Kier molecular flexibility index (Phi) is 5.90. The summed E-state index contributed by atoms with van der Waals surface area (Å²) in [6.45, 7) is 0. The molecule has 0 aliphatic heterocycles. The van der Waals surface area contributed by atoms with E-state index in [-0.39, 0.29) is 0 Å². The number of para-hydroxylation sites is 2. The van der Waals surface area contributed by atoms with Gasteiger partial charge in [0, 0.05) is 16.3 Å². The Morgan fingerprint density at radius 2 is 0.878 bits per heavy atom. The largest absolute Gasteiger partial charge is 0.309 e. The van der Waals surface area contributed by atoms with Crippen LogP contribution in [-0.2, 0) is 0 Å². The van der Waals surface area contributed by atoms with E-state index >= 15 is 0 Å². The summed E-state index contributed by atoms with van der Waals surface area (Å²) in [7, 11) is 0. The molecule has 0 amide bonds. The molecule has 7 rings (SSSR count). The Bertz CT molecular complexity index is 2070. The van der Waals surface area contributed by atoms with Gasteiger partial charge >= 0.3 is 0 Å². The quantitative estimate of drug-likeness (QED) is 0.232. The van der Waals surface area contributed by atoms with Crippen molar-refractivity contribution in [3.8, 4) is 51.2 Å². The Balaban J connectivity index is 1.65. The van der Waals surface area contributed by atoms with E-state index in [1.54, 1.807) is 6.07 Å². The maximum absolute atomic E-state index is 9.76. The van der Waals surface area contributed by atoms with Crippen molar-refractivity contribution in [2.75, 3.05) is 0 Å². The van der Waals surface area contributed by atoms with Crippen LogP contribution in [0.3, 0.4) is 0 Å². The highest BCUT2D eigenvalue weighted by Gasteiger charge is 2.20. The van der Waals surface area contributed by atoms with Crippen LogP contribution in [-0.4, -0.2) is 4.57 Å². The molecule has 3 nitrogen and oxygen atoms in total. The summed E-state index contributed by atoms with van der Waals surface area (Å²) < 4.78 is 2.36. The highest BCUT2D eigenvalue weighted by molar-refractivity contribution is 6.10. The lowest BCUT2D eigenvalue weighted by Gasteiger charge is -2.20. The number of rotatable bonds is 4. The second-order valence-electron chi connectivity index (χ2n) is 10.0. The second kappa shape index (κ2) is 10.0. The van der Waals surface area contributed by atoms with E-state index in [2.05, 4.69) is 114 Å². The highest BCUT2D eigenvalue weighted by Crippen LogP contribution is 2.43. The number of benzene rings is 6. The monoisotopic (exact) mass is 521 g/mol. The number of fused-ring (bicyclic) bond motifs is 3. The molecule has 0 N–H and O–H groups in total. The van der Waals surface area contributed by atoms with Gasteiger partial charge in [0.2, 0.25) is 0 Å². The molecule has 0 aliphatic rings. The van der Waals surface area contributed by atoms with Crippen LogP contribution in [0.25, 0.3) is 60.9 Å². The van der Waals surface area contributed by atoms with Crippen LogP contribution < -0.4 is 0 Å². The maximum Gasteiger partial charge on any atom is 0.0992 e. The molecule has 0 saturated heterocycles. The Morgan fingerprint density at radius 1 is 0.415 bits per heavy atom. The summed E-state index contributed by atoms with van der Waals surface area (Å²) in [5.41, 5.74) is 10.3. The molecular formula is C38H23N3. The van der Waals surface area contributed by atoms with Gasteiger partial charge in [0.25, 0.3) is 0 Å². The van der Waals surface area contributed by atoms with E-state index in [0.717, 1.165) is 50.1 Å². The van der Waals surface area contributed by atoms with Gasteiger partial charge in [-0.1, -0.05) is 97.1 Å². The molecule has 7 aromatic rings. The zero-order valence-electron chi connectivity index (χ0n) is 22.1. The normalized spacial score (nSPS) is 10.9. The molecule has 0 unspecified atom stereocenters. The molecule has 0 saturated carbocycles. The van der Waals surface area contributed by atoms with Crippen molar-refractivity contribution in [3.63, 3.8) is 0 Å². The van der Waals surface area contributed by atoms with E-state index in [0.29, 0.717) is 11.1 Å². The van der Waals surface area contributed by atoms with E-state index in [4.69, 9.17) is 0 Å². The maximum atomic E-state index is 9.76. The SMILES string of the molecule is N#Cc1cc(C#N)cc(-c2cc(-c3ccccc3)c(-n3c4ccccc4c4ccccc43)cc2-c2ccccc2)c1. The first kappa shape index (κ1) is 24.2. The molecule has 0 radical (unpaired) electrons. The van der Waals surface area contributed by atoms with Gasteiger partial charge in [0.05, 0.1) is 40.0 Å². The minimum Gasteiger partial charge on any atom is -0.309 e. The van der Waals surface area contributed by atoms with Gasteiger partial charge in [0.1, 0.15) is 0 Å². The molecule has 0 fully saturated rings. The fourth-order valence-electron chi connectivity index (χ4n) is 5.81. The summed E-state index contributed by atoms with van der Waals surface area (Å²) in [6, 6.07) is 52.1. The van der Waals surface area contributed by atoms with Crippen molar-refractivity contribution >= 4 is 21.8 Å². The third-order valence-corrected chi connectivity index (χ3v) is 7.63. The van der Waals surface area contributed by atoms with Gasteiger partial charge in [0.15, 0.2) is 0 Å². The van der Waals surface area contributed by atoms with Crippen LogP contribution in [0, 0.1) is 22.7 Å². The van der Waals surface area contributed by atoms with Gasteiger partial charge in [-0.2, -0.15) is 10.5 Å². The summed E-state index contributed by atoms with van der Waals surface area (Å²) in [6.07, 6.45) is 0. The van der Waals surface area contributed by atoms with Gasteiger partial charge in [-0.05, 0) is 70.3 Å². The first-order chi connectivity index (χ1) is 20.2. The third-order valence-electron chi connectivity index (χ3n) is 7.63. The molecule has 0 aliphatic carbocycles. The van der Waals surface area contributed by atoms with E-state index < -0.39 is 0 Å². The van der Waals surface area contributed by atoms with Crippen molar-refractivity contribution in [1.29, 1.82) is 10.5 Å². The number of hydrogen-bond donors (Lipinski definition) is 0. The van der Waals surface area contributed by atoms with Crippen LogP contribution in [0.4, 0.5) is 0 Å². The zero-order chi connectivity index (χ0) is 27.8. The van der Waals surface area contributed by atoms with Crippen LogP contribution in [0.5, 0.6) is 0 Å². The summed E-state index contributed by atoms with van der Waals surface area (Å²) in [5, 5.41) is 21.9. The van der Waals surface area contributed by atoms with Crippen molar-refractivity contribution in [2.45, 2.75) is 0 Å². The molecule has 6 aromatic carbocycles. The van der Waals surface area contributed by atoms with E-state index in [1.807, 2.05) is 36.4 Å². The lowest BCUT2D eigenvalue weighted by atomic mass is 9.88. The number of hydrogen-bond acceptors (Lipinski definition) is 2. The Labute approximate surface area is 238 Å². The molecule has 0 bridgehead atoms. The molecule has 0 spiro atoms. The topological polar surface area (TPSA) is 52.5 Å². The van der Waals surface area contributed by atoms with Gasteiger partial charge in [-0.25, -0.2) is 0 Å². The van der Waals surface area contributed by atoms with Crippen LogP contribution in [0.2, 0.25) is 0 Å². The molecule has 1 heterocycles. The molecule has 41 heavy (non-hydrogen) atoms. The Hall–Kier alpha value is -5.90. The molecule has 190 valence electrons. The van der Waals surface area contributed by atoms with Gasteiger partial charge < -0.3 is 4.57 Å². The first-order valence-corrected chi connectivity index (χ1v) is 13.5. The number of aromatic nitrogens is 1. The van der Waals surface area contributed by atoms with Crippen LogP contribution in [0.15, 0.2) is 140 Å². The number of nitrogens with zero attached hydrogens (tertiary/aromatic N) is 3. The lowest BCUT2D eigenvalue weighted by molar-refractivity contribution is 1.18. The van der Waals surface area contributed by atoms with E-state index in [1.165, 1.54) is 10.8 Å². The average Bonchev–Trinajstić information content (AvgIpc) is 3.39. The predicted molar refractivity (Wildman–Crippen MR) is 167 cm³/mol. The number of nitriles is 2. The summed E-state index contributed by atoms with van der Waals surface area (Å²) in [4.78, 5) is 0. The smallest absolute Gasteiger partial charge is 0.0992 e. The summed E-state index contributed by atoms with van der Waals surface area (Å²) in [5.74, 6) is 0. The van der Waals surface area contributed by atoms with E-state index in [9.17, 15) is 10.5 Å². The standard InChI is InChI=1S/C38H23N3/c39-24-26-19-27(25-40)21-30(20-26)33-22-35(29-13-5-2-6-14-29)38(23-34(33)28-11-3-1-4-12-28)41-36-17-9-7-15-31(36)32-16-8-10-18-37(32)41/h1-23H. The Morgan fingerprint density at radius 3 is 1.41 bits per heavy atom. The lowest BCUT2D eigenvalue weighted by Crippen LogP contribution is -2.00. The fourth-order valence-corrected chi connectivity index (χ4v) is 5.81. The van der Waals surface area contributed by atoms with Crippen molar-refractivity contribution in [1.82, 2.24) is 4.57 Å². The molecule has 0 atom stereocenters. The van der Waals surface area contributed by atoms with Gasteiger partial charge in [-0.15, -0.1) is 0 Å². The zero-order valence-corrected chi connectivity index (χ0v) is 22.1. The molecule has 1 aromatic heterocycles. The third kappa shape index (κ3) is 4.14. The molecular weight excluding hydrogens is 498 g/mol. The van der Waals surface area contributed by atoms with Crippen LogP contribution in [0.1, 0.15) is 11.1 Å².